The van der Waals surface area contributed by atoms with Gasteiger partial charge in [0.1, 0.15) is 0 Å². The maximum atomic E-state index is 12.1. The van der Waals surface area contributed by atoms with Crippen LogP contribution in [0.5, 0.6) is 0 Å². The van der Waals surface area contributed by atoms with Crippen molar-refractivity contribution >= 4 is 5.91 Å². The molecule has 1 amide bonds. The molecule has 19 heavy (non-hydrogen) atoms. The summed E-state index contributed by atoms with van der Waals surface area (Å²) in [5.74, 6) is 0.107. The third kappa shape index (κ3) is 7.66. The Balaban J connectivity index is 4.45. The summed E-state index contributed by atoms with van der Waals surface area (Å²) < 4.78 is 0. The average Bonchev–Trinajstić information content (AvgIpc) is 2.27. The standard InChI is InChI=1S/C17H29NO/c1-8-18(16(19)17(5,6)7)13-12-15(4)11-9-10-14(2)3/h8,10,12H,1,9,11,13H2,2-7H3/b15-12+. The highest BCUT2D eigenvalue weighted by atomic mass is 16.2. The molecule has 0 aromatic rings. The summed E-state index contributed by atoms with van der Waals surface area (Å²) in [7, 11) is 0. The van der Waals surface area contributed by atoms with Crippen molar-refractivity contribution in [2.24, 2.45) is 5.41 Å². The molecule has 108 valence electrons. The third-order valence-corrected chi connectivity index (χ3v) is 2.85. The molecule has 0 atom stereocenters. The SMILES string of the molecule is C=CN(C/C=C(\C)CCC=C(C)C)C(=O)C(C)(C)C. The molecule has 0 fully saturated rings. The Morgan fingerprint density at radius 1 is 1.16 bits per heavy atom. The van der Waals surface area contributed by atoms with Crippen molar-refractivity contribution in [1.29, 1.82) is 0 Å². The van der Waals surface area contributed by atoms with Gasteiger partial charge in [0.05, 0.1) is 0 Å². The van der Waals surface area contributed by atoms with Gasteiger partial charge in [-0.25, -0.2) is 0 Å². The molecular formula is C17H29NO. The van der Waals surface area contributed by atoms with E-state index in [0.29, 0.717) is 6.54 Å². The van der Waals surface area contributed by atoms with E-state index in [1.54, 1.807) is 11.1 Å². The van der Waals surface area contributed by atoms with Gasteiger partial charge in [-0.2, -0.15) is 0 Å². The fraction of sp³-hybridized carbons (Fsp3) is 0.588. The fourth-order valence-electron chi connectivity index (χ4n) is 1.62. The van der Waals surface area contributed by atoms with E-state index in [2.05, 4.69) is 39.5 Å². The Morgan fingerprint density at radius 3 is 2.16 bits per heavy atom. The van der Waals surface area contributed by atoms with E-state index in [0.717, 1.165) is 12.8 Å². The zero-order valence-corrected chi connectivity index (χ0v) is 13.4. The quantitative estimate of drug-likeness (QED) is 0.636. The van der Waals surface area contributed by atoms with Crippen LogP contribution < -0.4 is 0 Å². The number of carbonyl (C=O) groups excluding carboxylic acids is 1. The molecule has 0 heterocycles. The van der Waals surface area contributed by atoms with E-state index >= 15 is 0 Å². The normalized spacial score (nSPS) is 12.0. The van der Waals surface area contributed by atoms with Crippen LogP contribution in [0.3, 0.4) is 0 Å². The van der Waals surface area contributed by atoms with Crippen molar-refractivity contribution in [3.05, 3.63) is 36.1 Å². The molecule has 0 aliphatic rings. The summed E-state index contributed by atoms with van der Waals surface area (Å²) in [4.78, 5) is 13.8. The maximum absolute atomic E-state index is 12.1. The van der Waals surface area contributed by atoms with Crippen molar-refractivity contribution in [2.45, 2.75) is 54.4 Å². The van der Waals surface area contributed by atoms with E-state index in [9.17, 15) is 4.79 Å². The second-order valence-corrected chi connectivity index (χ2v) is 6.26. The van der Waals surface area contributed by atoms with Crippen LogP contribution >= 0.6 is 0 Å². The van der Waals surface area contributed by atoms with E-state index in [1.807, 2.05) is 20.8 Å². The molecule has 0 bridgehead atoms. The molecule has 0 aliphatic carbocycles. The lowest BCUT2D eigenvalue weighted by Gasteiger charge is -2.25. The molecule has 0 unspecified atom stereocenters. The van der Waals surface area contributed by atoms with Gasteiger partial charge in [0.25, 0.3) is 0 Å². The van der Waals surface area contributed by atoms with E-state index in [-0.39, 0.29) is 11.3 Å². The van der Waals surface area contributed by atoms with Crippen LogP contribution in [0.1, 0.15) is 54.4 Å². The average molecular weight is 263 g/mol. The van der Waals surface area contributed by atoms with Crippen LogP contribution in [-0.4, -0.2) is 17.4 Å². The minimum absolute atomic E-state index is 0.107. The van der Waals surface area contributed by atoms with Crippen LogP contribution in [0, 0.1) is 5.41 Å². The predicted molar refractivity (Wildman–Crippen MR) is 83.8 cm³/mol. The molecule has 0 rings (SSSR count). The van der Waals surface area contributed by atoms with Crippen molar-refractivity contribution < 1.29 is 4.79 Å². The lowest BCUT2D eigenvalue weighted by molar-refractivity contribution is -0.136. The highest BCUT2D eigenvalue weighted by molar-refractivity contribution is 5.82. The Kier molecular flexibility index (Phi) is 7.43. The third-order valence-electron chi connectivity index (χ3n) is 2.85. The minimum atomic E-state index is -0.363. The van der Waals surface area contributed by atoms with Crippen molar-refractivity contribution in [3.8, 4) is 0 Å². The van der Waals surface area contributed by atoms with Gasteiger partial charge in [0.2, 0.25) is 5.91 Å². The number of hydrogen-bond donors (Lipinski definition) is 0. The van der Waals surface area contributed by atoms with Crippen LogP contribution in [0.2, 0.25) is 0 Å². The number of rotatable bonds is 6. The van der Waals surface area contributed by atoms with Gasteiger partial charge in [-0.3, -0.25) is 4.79 Å². The topological polar surface area (TPSA) is 20.3 Å². The molecule has 2 nitrogen and oxygen atoms in total. The molecule has 2 heteroatoms. The highest BCUT2D eigenvalue weighted by Gasteiger charge is 2.25. The first-order chi connectivity index (χ1) is 8.68. The summed E-state index contributed by atoms with van der Waals surface area (Å²) in [5.41, 5.74) is 2.30. The van der Waals surface area contributed by atoms with Crippen molar-refractivity contribution in [2.75, 3.05) is 6.54 Å². The van der Waals surface area contributed by atoms with Gasteiger partial charge in [0.15, 0.2) is 0 Å². The molecule has 0 aromatic heterocycles. The Bertz CT molecular complexity index is 365. The maximum Gasteiger partial charge on any atom is 0.232 e. The fourth-order valence-corrected chi connectivity index (χ4v) is 1.62. The lowest BCUT2D eigenvalue weighted by Crippen LogP contribution is -2.35. The number of amides is 1. The molecule has 0 aromatic carbocycles. The summed E-state index contributed by atoms with van der Waals surface area (Å²) >= 11 is 0. The van der Waals surface area contributed by atoms with Crippen molar-refractivity contribution in [3.63, 3.8) is 0 Å². The Morgan fingerprint density at radius 2 is 1.74 bits per heavy atom. The second kappa shape index (κ2) is 7.98. The summed E-state index contributed by atoms with van der Waals surface area (Å²) in [5, 5.41) is 0. The van der Waals surface area contributed by atoms with Gasteiger partial charge in [-0.1, -0.05) is 50.6 Å². The van der Waals surface area contributed by atoms with Crippen LogP contribution in [-0.2, 0) is 4.79 Å². The largest absolute Gasteiger partial charge is 0.315 e. The lowest BCUT2D eigenvalue weighted by atomic mass is 9.95. The smallest absolute Gasteiger partial charge is 0.232 e. The molecule has 0 saturated heterocycles. The number of carbonyl (C=O) groups is 1. The first-order valence-corrected chi connectivity index (χ1v) is 6.91. The highest BCUT2D eigenvalue weighted by Crippen LogP contribution is 2.18. The van der Waals surface area contributed by atoms with Gasteiger partial charge in [-0.05, 0) is 39.8 Å². The zero-order chi connectivity index (χ0) is 15.1. The number of allylic oxidation sites excluding steroid dienone is 3. The number of hydrogen-bond acceptors (Lipinski definition) is 1. The first kappa shape index (κ1) is 17.7. The zero-order valence-electron chi connectivity index (χ0n) is 13.4. The summed E-state index contributed by atoms with van der Waals surface area (Å²) in [6.07, 6.45) is 8.08. The first-order valence-electron chi connectivity index (χ1n) is 6.91. The van der Waals surface area contributed by atoms with E-state index in [4.69, 9.17) is 0 Å². The summed E-state index contributed by atoms with van der Waals surface area (Å²) in [6.45, 7) is 16.5. The summed E-state index contributed by atoms with van der Waals surface area (Å²) in [6, 6.07) is 0. The Labute approximate surface area is 118 Å². The van der Waals surface area contributed by atoms with Crippen LogP contribution in [0.4, 0.5) is 0 Å². The van der Waals surface area contributed by atoms with E-state index < -0.39 is 0 Å². The van der Waals surface area contributed by atoms with E-state index in [1.165, 1.54) is 11.1 Å². The van der Waals surface area contributed by atoms with Crippen molar-refractivity contribution in [1.82, 2.24) is 4.90 Å². The molecule has 0 N–H and O–H groups in total. The van der Waals surface area contributed by atoms with Gasteiger partial charge in [-0.15, -0.1) is 0 Å². The molecular weight excluding hydrogens is 234 g/mol. The monoisotopic (exact) mass is 263 g/mol. The van der Waals surface area contributed by atoms with Gasteiger partial charge in [0, 0.05) is 12.0 Å². The molecule has 0 spiro atoms. The predicted octanol–water partition coefficient (Wildman–Crippen LogP) is 4.70. The molecule has 0 aliphatic heterocycles. The van der Waals surface area contributed by atoms with Gasteiger partial charge >= 0.3 is 0 Å². The van der Waals surface area contributed by atoms with Crippen LogP contribution in [0.15, 0.2) is 36.1 Å². The Hall–Kier alpha value is -1.31. The number of nitrogens with zero attached hydrogens (tertiary/aromatic N) is 1. The molecule has 0 radical (unpaired) electrons. The molecule has 0 saturated carbocycles. The minimum Gasteiger partial charge on any atom is -0.315 e. The van der Waals surface area contributed by atoms with Crippen LogP contribution in [0.25, 0.3) is 0 Å². The van der Waals surface area contributed by atoms with Gasteiger partial charge < -0.3 is 4.90 Å². The second-order valence-electron chi connectivity index (χ2n) is 6.26.